The van der Waals surface area contributed by atoms with Gasteiger partial charge in [0.05, 0.1) is 5.52 Å². The normalized spacial score (nSPS) is 19.5. The molecule has 0 aliphatic heterocycles. The van der Waals surface area contributed by atoms with E-state index in [1.54, 1.807) is 12.1 Å². The number of amides is 1. The maximum Gasteiger partial charge on any atom is 0.224 e. The Hall–Kier alpha value is -2.75. The molecule has 1 amide bonds. The van der Waals surface area contributed by atoms with Gasteiger partial charge in [-0.1, -0.05) is 18.2 Å². The van der Waals surface area contributed by atoms with E-state index in [2.05, 4.69) is 41.5 Å². The van der Waals surface area contributed by atoms with Gasteiger partial charge in [0.25, 0.3) is 0 Å². The Balaban J connectivity index is 1.37. The molecule has 144 valence electrons. The number of anilines is 1. The van der Waals surface area contributed by atoms with Gasteiger partial charge in [0.15, 0.2) is 0 Å². The number of fused-ring (bicyclic) bond motifs is 1. The summed E-state index contributed by atoms with van der Waals surface area (Å²) in [6.07, 6.45) is 6.75. The fraction of sp³-hybridized carbons (Fsp3) is 0.333. The van der Waals surface area contributed by atoms with E-state index in [0.717, 1.165) is 31.2 Å². The summed E-state index contributed by atoms with van der Waals surface area (Å²) in [7, 11) is 0. The molecule has 4 heteroatoms. The number of para-hydroxylation sites is 1. The molecule has 0 bridgehead atoms. The number of nitrogens with one attached hydrogen (secondary N) is 1. The quantitative estimate of drug-likeness (QED) is 0.608. The predicted octanol–water partition coefficient (Wildman–Crippen LogP) is 5.98. The summed E-state index contributed by atoms with van der Waals surface area (Å²) in [5.41, 5.74) is 4.35. The molecule has 4 rings (SSSR count). The van der Waals surface area contributed by atoms with Crippen molar-refractivity contribution in [3.8, 4) is 0 Å². The van der Waals surface area contributed by atoms with Crippen LogP contribution in [0.4, 0.5) is 10.1 Å². The second kappa shape index (κ2) is 8.09. The molecular formula is C24H25FN2O. The van der Waals surface area contributed by atoms with Gasteiger partial charge in [0, 0.05) is 23.7 Å². The van der Waals surface area contributed by atoms with Crippen molar-refractivity contribution in [3.05, 3.63) is 71.7 Å². The number of aromatic nitrogens is 1. The van der Waals surface area contributed by atoms with E-state index in [-0.39, 0.29) is 11.7 Å². The van der Waals surface area contributed by atoms with Gasteiger partial charge in [-0.2, -0.15) is 0 Å². The van der Waals surface area contributed by atoms with Crippen molar-refractivity contribution in [2.24, 2.45) is 5.92 Å². The molecule has 1 aliphatic rings. The van der Waals surface area contributed by atoms with Crippen molar-refractivity contribution in [1.29, 1.82) is 0 Å². The van der Waals surface area contributed by atoms with Crippen molar-refractivity contribution in [1.82, 2.24) is 4.98 Å². The SMILES string of the molecule is Cc1cccc2c1nccc2[C@H]1CC[C@@H](CC(=O)Nc2ccc(F)cc2)CC1. The summed E-state index contributed by atoms with van der Waals surface area (Å²) in [6, 6.07) is 14.5. The molecule has 3 aromatic rings. The van der Waals surface area contributed by atoms with Crippen LogP contribution in [0.15, 0.2) is 54.7 Å². The largest absolute Gasteiger partial charge is 0.326 e. The van der Waals surface area contributed by atoms with E-state index in [1.807, 2.05) is 6.20 Å². The highest BCUT2D eigenvalue weighted by atomic mass is 19.1. The van der Waals surface area contributed by atoms with Crippen molar-refractivity contribution >= 4 is 22.5 Å². The highest BCUT2D eigenvalue weighted by Gasteiger charge is 2.25. The van der Waals surface area contributed by atoms with Gasteiger partial charge in [0.2, 0.25) is 5.91 Å². The topological polar surface area (TPSA) is 42.0 Å². The minimum absolute atomic E-state index is 0.0139. The van der Waals surface area contributed by atoms with Crippen LogP contribution in [0.5, 0.6) is 0 Å². The van der Waals surface area contributed by atoms with E-state index in [0.29, 0.717) is 23.9 Å². The molecule has 1 heterocycles. The predicted molar refractivity (Wildman–Crippen MR) is 111 cm³/mol. The lowest BCUT2D eigenvalue weighted by Crippen LogP contribution is -2.20. The zero-order chi connectivity index (χ0) is 19.5. The van der Waals surface area contributed by atoms with Gasteiger partial charge in [-0.05, 0) is 85.9 Å². The smallest absolute Gasteiger partial charge is 0.224 e. The summed E-state index contributed by atoms with van der Waals surface area (Å²) in [6.45, 7) is 2.11. The first-order valence-electron chi connectivity index (χ1n) is 10.00. The molecule has 2 aromatic carbocycles. The Kier molecular flexibility index (Phi) is 5.38. The standard InChI is InChI=1S/C24H25FN2O/c1-16-3-2-4-22-21(13-14-26-24(16)22)18-7-5-17(6-8-18)15-23(28)27-20-11-9-19(25)10-12-20/h2-4,9-14,17-18H,5-8,15H2,1H3,(H,27,28)/t17-,18+. The van der Waals surface area contributed by atoms with Gasteiger partial charge in [-0.3, -0.25) is 9.78 Å². The first kappa shape index (κ1) is 18.6. The summed E-state index contributed by atoms with van der Waals surface area (Å²) < 4.78 is 13.0. The minimum Gasteiger partial charge on any atom is -0.326 e. The van der Waals surface area contributed by atoms with Gasteiger partial charge >= 0.3 is 0 Å². The Bertz CT molecular complexity index is 976. The van der Waals surface area contributed by atoms with Crippen LogP contribution in [-0.4, -0.2) is 10.9 Å². The number of pyridine rings is 1. The number of rotatable bonds is 4. The van der Waals surface area contributed by atoms with Crippen LogP contribution in [-0.2, 0) is 4.79 Å². The van der Waals surface area contributed by atoms with E-state index in [4.69, 9.17) is 0 Å². The molecule has 1 aromatic heterocycles. The van der Waals surface area contributed by atoms with E-state index >= 15 is 0 Å². The molecular weight excluding hydrogens is 351 g/mol. The number of hydrogen-bond acceptors (Lipinski definition) is 2. The highest BCUT2D eigenvalue weighted by Crippen LogP contribution is 2.39. The molecule has 0 unspecified atom stereocenters. The number of carbonyl (C=O) groups excluding carboxylic acids is 1. The van der Waals surface area contributed by atoms with E-state index in [9.17, 15) is 9.18 Å². The number of aryl methyl sites for hydroxylation is 1. The zero-order valence-corrected chi connectivity index (χ0v) is 16.1. The maximum atomic E-state index is 13.0. The van der Waals surface area contributed by atoms with Crippen molar-refractivity contribution in [2.45, 2.75) is 44.9 Å². The third kappa shape index (κ3) is 4.06. The molecule has 28 heavy (non-hydrogen) atoms. The Morgan fingerprint density at radius 2 is 1.82 bits per heavy atom. The summed E-state index contributed by atoms with van der Waals surface area (Å²) in [5, 5.41) is 4.14. The van der Waals surface area contributed by atoms with Crippen LogP contribution in [0.1, 0.15) is 49.1 Å². The number of nitrogens with zero attached hydrogens (tertiary/aromatic N) is 1. The Morgan fingerprint density at radius 3 is 2.57 bits per heavy atom. The first-order valence-corrected chi connectivity index (χ1v) is 10.00. The van der Waals surface area contributed by atoms with E-state index in [1.165, 1.54) is 28.6 Å². The van der Waals surface area contributed by atoms with Crippen molar-refractivity contribution in [3.63, 3.8) is 0 Å². The second-order valence-corrected chi connectivity index (χ2v) is 7.85. The number of carbonyl (C=O) groups is 1. The van der Waals surface area contributed by atoms with Gasteiger partial charge < -0.3 is 5.32 Å². The molecule has 0 saturated heterocycles. The summed E-state index contributed by atoms with van der Waals surface area (Å²) in [5.74, 6) is 0.658. The fourth-order valence-electron chi connectivity index (χ4n) is 4.39. The number of halogens is 1. The maximum absolute atomic E-state index is 13.0. The lowest BCUT2D eigenvalue weighted by Gasteiger charge is -2.29. The second-order valence-electron chi connectivity index (χ2n) is 7.85. The first-order chi connectivity index (χ1) is 13.6. The molecule has 1 N–H and O–H groups in total. The third-order valence-corrected chi connectivity index (χ3v) is 5.90. The van der Waals surface area contributed by atoms with Crippen LogP contribution in [0, 0.1) is 18.7 Å². The fourth-order valence-corrected chi connectivity index (χ4v) is 4.39. The van der Waals surface area contributed by atoms with Gasteiger partial charge in [-0.25, -0.2) is 4.39 Å². The summed E-state index contributed by atoms with van der Waals surface area (Å²) >= 11 is 0. The van der Waals surface area contributed by atoms with Gasteiger partial charge in [-0.15, -0.1) is 0 Å². The molecule has 0 atom stereocenters. The van der Waals surface area contributed by atoms with E-state index < -0.39 is 0 Å². The average Bonchev–Trinajstić information content (AvgIpc) is 2.70. The molecule has 1 saturated carbocycles. The molecule has 1 aliphatic carbocycles. The third-order valence-electron chi connectivity index (χ3n) is 5.90. The number of hydrogen-bond donors (Lipinski definition) is 1. The molecule has 0 radical (unpaired) electrons. The zero-order valence-electron chi connectivity index (χ0n) is 16.1. The number of benzene rings is 2. The lowest BCUT2D eigenvalue weighted by molar-refractivity contribution is -0.117. The highest BCUT2D eigenvalue weighted by molar-refractivity contribution is 5.90. The van der Waals surface area contributed by atoms with Crippen LogP contribution < -0.4 is 5.32 Å². The van der Waals surface area contributed by atoms with Crippen LogP contribution >= 0.6 is 0 Å². The Morgan fingerprint density at radius 1 is 1.07 bits per heavy atom. The summed E-state index contributed by atoms with van der Waals surface area (Å²) in [4.78, 5) is 16.9. The average molecular weight is 376 g/mol. The van der Waals surface area contributed by atoms with Crippen molar-refractivity contribution in [2.75, 3.05) is 5.32 Å². The molecule has 3 nitrogen and oxygen atoms in total. The van der Waals surface area contributed by atoms with Crippen LogP contribution in [0.2, 0.25) is 0 Å². The Labute approximate surface area is 165 Å². The monoisotopic (exact) mass is 376 g/mol. The lowest BCUT2D eigenvalue weighted by atomic mass is 9.76. The minimum atomic E-state index is -0.296. The van der Waals surface area contributed by atoms with Crippen LogP contribution in [0.3, 0.4) is 0 Å². The van der Waals surface area contributed by atoms with Crippen molar-refractivity contribution < 1.29 is 9.18 Å². The molecule has 0 spiro atoms. The van der Waals surface area contributed by atoms with Crippen LogP contribution in [0.25, 0.3) is 10.9 Å². The van der Waals surface area contributed by atoms with Gasteiger partial charge in [0.1, 0.15) is 5.82 Å². The molecule has 1 fully saturated rings.